The van der Waals surface area contributed by atoms with Gasteiger partial charge in [-0.15, -0.1) is 0 Å². The molecule has 2 aromatic rings. The molecule has 0 aromatic carbocycles. The summed E-state index contributed by atoms with van der Waals surface area (Å²) >= 11 is 0. The molecule has 2 rings (SSSR count). The minimum Gasteiger partial charge on any atom is -0.378 e. The number of hydrogen-bond acceptors (Lipinski definition) is 7. The molecule has 8 nitrogen and oxygen atoms in total. The quantitative estimate of drug-likeness (QED) is 0.640. The number of nitrogens with zero attached hydrogens (tertiary/aromatic N) is 5. The first-order valence-electron chi connectivity index (χ1n) is 5.96. The standard InChI is InChI=1S/C12H14N6O2/c1-17(7-5-9-4-2-3-6-14-9)12-15-8-10(18(19)20)11(13)16-12/h2-4,6,8H,5,7H2,1H3,(H2,13,15,16). The van der Waals surface area contributed by atoms with Crippen LogP contribution in [0.2, 0.25) is 0 Å². The minimum atomic E-state index is -0.604. The molecule has 20 heavy (non-hydrogen) atoms. The Morgan fingerprint density at radius 3 is 2.80 bits per heavy atom. The van der Waals surface area contributed by atoms with Gasteiger partial charge >= 0.3 is 5.69 Å². The van der Waals surface area contributed by atoms with Crippen LogP contribution in [0, 0.1) is 10.1 Å². The number of aromatic nitrogens is 3. The van der Waals surface area contributed by atoms with E-state index < -0.39 is 4.92 Å². The summed E-state index contributed by atoms with van der Waals surface area (Å²) in [6, 6.07) is 5.70. The van der Waals surface area contributed by atoms with E-state index in [0.29, 0.717) is 12.5 Å². The predicted octanol–water partition coefficient (Wildman–Crippen LogP) is 1.04. The zero-order valence-electron chi connectivity index (χ0n) is 10.9. The predicted molar refractivity (Wildman–Crippen MR) is 74.3 cm³/mol. The Morgan fingerprint density at radius 1 is 1.40 bits per heavy atom. The summed E-state index contributed by atoms with van der Waals surface area (Å²) in [4.78, 5) is 23.9. The van der Waals surface area contributed by atoms with Crippen LogP contribution in [-0.2, 0) is 6.42 Å². The lowest BCUT2D eigenvalue weighted by Gasteiger charge is -2.16. The van der Waals surface area contributed by atoms with Crippen LogP contribution in [0.1, 0.15) is 5.69 Å². The number of nitrogen functional groups attached to an aromatic ring is 1. The van der Waals surface area contributed by atoms with E-state index in [1.165, 1.54) is 0 Å². The van der Waals surface area contributed by atoms with Crippen molar-refractivity contribution in [3.63, 3.8) is 0 Å². The van der Waals surface area contributed by atoms with E-state index in [2.05, 4.69) is 15.0 Å². The Hall–Kier alpha value is -2.77. The molecule has 0 unspecified atom stereocenters. The van der Waals surface area contributed by atoms with E-state index in [1.807, 2.05) is 18.2 Å². The van der Waals surface area contributed by atoms with Gasteiger partial charge in [0.05, 0.1) is 4.92 Å². The molecule has 8 heteroatoms. The lowest BCUT2D eigenvalue weighted by Crippen LogP contribution is -2.23. The molecule has 0 radical (unpaired) electrons. The van der Waals surface area contributed by atoms with Crippen LogP contribution in [-0.4, -0.2) is 33.5 Å². The summed E-state index contributed by atoms with van der Waals surface area (Å²) in [5.74, 6) is 0.216. The van der Waals surface area contributed by atoms with E-state index in [4.69, 9.17) is 5.73 Å². The van der Waals surface area contributed by atoms with Crippen molar-refractivity contribution in [2.75, 3.05) is 24.2 Å². The Balaban J connectivity index is 2.04. The number of rotatable bonds is 5. The van der Waals surface area contributed by atoms with E-state index >= 15 is 0 Å². The monoisotopic (exact) mass is 274 g/mol. The molecule has 0 saturated carbocycles. The van der Waals surface area contributed by atoms with E-state index in [9.17, 15) is 10.1 Å². The van der Waals surface area contributed by atoms with Crippen molar-refractivity contribution >= 4 is 17.5 Å². The van der Waals surface area contributed by atoms with E-state index in [-0.39, 0.29) is 11.5 Å². The van der Waals surface area contributed by atoms with Crippen LogP contribution in [0.15, 0.2) is 30.6 Å². The highest BCUT2D eigenvalue weighted by Gasteiger charge is 2.15. The lowest BCUT2D eigenvalue weighted by atomic mass is 10.2. The van der Waals surface area contributed by atoms with Crippen molar-refractivity contribution in [1.82, 2.24) is 15.0 Å². The highest BCUT2D eigenvalue weighted by Crippen LogP contribution is 2.19. The van der Waals surface area contributed by atoms with Gasteiger partial charge in [0, 0.05) is 31.9 Å². The molecule has 104 valence electrons. The first kappa shape index (κ1) is 13.7. The summed E-state index contributed by atoms with van der Waals surface area (Å²) in [7, 11) is 1.80. The maximum absolute atomic E-state index is 10.6. The zero-order valence-corrected chi connectivity index (χ0v) is 10.9. The summed E-state index contributed by atoms with van der Waals surface area (Å²) < 4.78 is 0. The molecule has 0 spiro atoms. The second-order valence-corrected chi connectivity index (χ2v) is 4.19. The molecule has 2 N–H and O–H groups in total. The topological polar surface area (TPSA) is 111 Å². The Bertz CT molecular complexity index is 604. The Labute approximate surface area is 115 Å². The van der Waals surface area contributed by atoms with Gasteiger partial charge in [-0.3, -0.25) is 15.1 Å². The first-order valence-corrected chi connectivity index (χ1v) is 5.96. The van der Waals surface area contributed by atoms with Gasteiger partial charge < -0.3 is 10.6 Å². The third-order valence-electron chi connectivity index (χ3n) is 2.75. The third-order valence-corrected chi connectivity index (χ3v) is 2.75. The van der Waals surface area contributed by atoms with Crippen molar-refractivity contribution in [2.45, 2.75) is 6.42 Å². The highest BCUT2D eigenvalue weighted by molar-refractivity contribution is 5.53. The van der Waals surface area contributed by atoms with E-state index in [1.54, 1.807) is 18.1 Å². The Morgan fingerprint density at radius 2 is 2.20 bits per heavy atom. The number of pyridine rings is 1. The minimum absolute atomic E-state index is 0.135. The molecule has 0 aliphatic heterocycles. The summed E-state index contributed by atoms with van der Waals surface area (Å²) in [6.45, 7) is 0.633. The van der Waals surface area contributed by atoms with Gasteiger partial charge in [-0.05, 0) is 12.1 Å². The molecule has 0 amide bonds. The van der Waals surface area contributed by atoms with Crippen molar-refractivity contribution < 1.29 is 4.92 Å². The molecule has 0 fully saturated rings. The fourth-order valence-electron chi connectivity index (χ4n) is 1.63. The van der Waals surface area contributed by atoms with Gasteiger partial charge in [0.2, 0.25) is 11.8 Å². The molecular weight excluding hydrogens is 260 g/mol. The zero-order chi connectivity index (χ0) is 14.5. The Kier molecular flexibility index (Phi) is 4.04. The number of nitrogens with two attached hydrogens (primary N) is 1. The molecule has 0 bridgehead atoms. The van der Waals surface area contributed by atoms with Crippen molar-refractivity contribution in [3.8, 4) is 0 Å². The fraction of sp³-hybridized carbons (Fsp3) is 0.250. The van der Waals surface area contributed by atoms with Crippen LogP contribution in [0.3, 0.4) is 0 Å². The number of hydrogen-bond donors (Lipinski definition) is 1. The summed E-state index contributed by atoms with van der Waals surface area (Å²) in [5, 5.41) is 10.6. The molecule has 0 atom stereocenters. The van der Waals surface area contributed by atoms with Gasteiger partial charge in [0.15, 0.2) is 0 Å². The number of anilines is 2. The van der Waals surface area contributed by atoms with Crippen molar-refractivity contribution in [1.29, 1.82) is 0 Å². The molecule has 0 aliphatic rings. The van der Waals surface area contributed by atoms with Gasteiger partial charge in [-0.25, -0.2) is 4.98 Å². The molecule has 0 saturated heterocycles. The van der Waals surface area contributed by atoms with Crippen molar-refractivity contribution in [3.05, 3.63) is 46.4 Å². The third kappa shape index (κ3) is 3.16. The SMILES string of the molecule is CN(CCc1ccccn1)c1ncc([N+](=O)[O-])c(N)n1. The molecular formula is C12H14N6O2. The summed E-state index contributed by atoms with van der Waals surface area (Å²) in [6.07, 6.45) is 3.57. The fourth-order valence-corrected chi connectivity index (χ4v) is 1.63. The molecule has 2 aromatic heterocycles. The highest BCUT2D eigenvalue weighted by atomic mass is 16.6. The van der Waals surface area contributed by atoms with Crippen LogP contribution >= 0.6 is 0 Å². The summed E-state index contributed by atoms with van der Waals surface area (Å²) in [5.41, 5.74) is 6.20. The number of nitro groups is 1. The van der Waals surface area contributed by atoms with Gasteiger partial charge in [-0.1, -0.05) is 6.07 Å². The second-order valence-electron chi connectivity index (χ2n) is 4.19. The van der Waals surface area contributed by atoms with Crippen molar-refractivity contribution in [2.24, 2.45) is 0 Å². The van der Waals surface area contributed by atoms with E-state index in [0.717, 1.165) is 18.3 Å². The van der Waals surface area contributed by atoms with Crippen LogP contribution in [0.25, 0.3) is 0 Å². The smallest absolute Gasteiger partial charge is 0.329 e. The normalized spacial score (nSPS) is 10.2. The maximum Gasteiger partial charge on any atom is 0.329 e. The van der Waals surface area contributed by atoms with Crippen LogP contribution in [0.4, 0.5) is 17.5 Å². The number of likely N-dealkylation sites (N-methyl/N-ethyl adjacent to an activating group) is 1. The van der Waals surface area contributed by atoms with Gasteiger partial charge in [0.25, 0.3) is 0 Å². The average molecular weight is 274 g/mol. The van der Waals surface area contributed by atoms with Gasteiger partial charge in [-0.2, -0.15) is 4.98 Å². The van der Waals surface area contributed by atoms with Gasteiger partial charge in [0.1, 0.15) is 6.20 Å². The molecule has 2 heterocycles. The van der Waals surface area contributed by atoms with Crippen LogP contribution in [0.5, 0.6) is 0 Å². The lowest BCUT2D eigenvalue weighted by molar-refractivity contribution is -0.384. The molecule has 0 aliphatic carbocycles. The first-order chi connectivity index (χ1) is 9.58. The maximum atomic E-state index is 10.6. The average Bonchev–Trinajstić information content (AvgIpc) is 2.45. The van der Waals surface area contributed by atoms with Crippen LogP contribution < -0.4 is 10.6 Å². The largest absolute Gasteiger partial charge is 0.378 e. The second kappa shape index (κ2) is 5.91.